The second kappa shape index (κ2) is 2.63. The summed E-state index contributed by atoms with van der Waals surface area (Å²) in [7, 11) is -4.71. The maximum atomic E-state index is 12.1. The van der Waals surface area contributed by atoms with Crippen LogP contribution in [0.1, 0.15) is 5.76 Å². The van der Waals surface area contributed by atoms with Gasteiger partial charge in [-0.1, -0.05) is 3.89 Å². The van der Waals surface area contributed by atoms with Crippen molar-refractivity contribution < 1.29 is 16.7 Å². The fourth-order valence-electron chi connectivity index (χ4n) is 0.599. The van der Waals surface area contributed by atoms with Gasteiger partial charge in [0.25, 0.3) is 0 Å². The van der Waals surface area contributed by atoms with Gasteiger partial charge in [-0.15, -0.1) is 0 Å². The minimum atomic E-state index is -4.71. The number of furan rings is 1. The van der Waals surface area contributed by atoms with E-state index >= 15 is 0 Å². The Morgan fingerprint density at radius 3 is 2.45 bits per heavy atom. The molecule has 11 heavy (non-hydrogen) atoms. The number of nitrogens with two attached hydrogens (primary N) is 1. The summed E-state index contributed by atoms with van der Waals surface area (Å²) in [6, 6.07) is 2.34. The van der Waals surface area contributed by atoms with Crippen LogP contribution in [0, 0.1) is 0 Å². The van der Waals surface area contributed by atoms with E-state index < -0.39 is 15.3 Å². The molecule has 0 aliphatic rings. The van der Waals surface area contributed by atoms with Gasteiger partial charge in [0.1, 0.15) is 5.76 Å². The molecule has 62 valence electrons. The summed E-state index contributed by atoms with van der Waals surface area (Å²) in [5.74, 6) is 0.237. The van der Waals surface area contributed by atoms with Crippen LogP contribution in [-0.2, 0) is 16.8 Å². The second-order valence-corrected chi connectivity index (χ2v) is 3.14. The maximum Gasteiger partial charge on any atom is 0.365 e. The molecule has 0 fully saturated rings. The zero-order valence-electron chi connectivity index (χ0n) is 5.45. The highest BCUT2D eigenvalue weighted by atomic mass is 32.3. The van der Waals surface area contributed by atoms with Crippen molar-refractivity contribution in [3.63, 3.8) is 0 Å². The van der Waals surface area contributed by atoms with Crippen LogP contribution in [0.4, 0.5) is 3.89 Å². The molecule has 0 aliphatic carbocycles. The van der Waals surface area contributed by atoms with Crippen molar-refractivity contribution in [3.05, 3.63) is 17.9 Å². The van der Waals surface area contributed by atoms with Crippen molar-refractivity contribution in [2.75, 3.05) is 0 Å². The monoisotopic (exact) mass is 179 g/mol. The lowest BCUT2D eigenvalue weighted by molar-refractivity contribution is 0.405. The molecule has 0 aliphatic heterocycles. The number of hydrogen-bond donors (Lipinski definition) is 1. The quantitative estimate of drug-likeness (QED) is 0.667. The van der Waals surface area contributed by atoms with E-state index in [0.29, 0.717) is 0 Å². The van der Waals surface area contributed by atoms with Gasteiger partial charge in [-0.2, -0.15) is 8.42 Å². The zero-order chi connectivity index (χ0) is 8.48. The first kappa shape index (κ1) is 8.22. The third-order valence-electron chi connectivity index (χ3n) is 1.08. The summed E-state index contributed by atoms with van der Waals surface area (Å²) in [6.07, 6.45) is 0. The van der Waals surface area contributed by atoms with Crippen molar-refractivity contribution in [3.8, 4) is 0 Å². The van der Waals surface area contributed by atoms with Crippen molar-refractivity contribution in [1.29, 1.82) is 0 Å². The van der Waals surface area contributed by atoms with Crippen LogP contribution in [-0.4, -0.2) is 8.42 Å². The zero-order valence-corrected chi connectivity index (χ0v) is 6.27. The molecule has 0 spiro atoms. The van der Waals surface area contributed by atoms with E-state index in [9.17, 15) is 12.3 Å². The van der Waals surface area contributed by atoms with E-state index in [2.05, 4.69) is 4.42 Å². The van der Waals surface area contributed by atoms with Gasteiger partial charge in [0.05, 0.1) is 6.54 Å². The molecule has 0 radical (unpaired) electrons. The summed E-state index contributed by atoms with van der Waals surface area (Å²) >= 11 is 0. The standard InChI is InChI=1S/C5H6FNO3S/c6-11(8,9)5-2-1-4(3-7)10-5/h1-2H,3,7H2. The molecule has 0 bridgehead atoms. The molecule has 0 saturated carbocycles. The van der Waals surface area contributed by atoms with Crippen LogP contribution in [0.2, 0.25) is 0 Å². The maximum absolute atomic E-state index is 12.1. The normalized spacial score (nSPS) is 11.8. The van der Waals surface area contributed by atoms with Crippen LogP contribution < -0.4 is 5.73 Å². The van der Waals surface area contributed by atoms with Crippen LogP contribution in [0.5, 0.6) is 0 Å². The highest BCUT2D eigenvalue weighted by Crippen LogP contribution is 2.15. The van der Waals surface area contributed by atoms with Gasteiger partial charge >= 0.3 is 10.2 Å². The average molecular weight is 179 g/mol. The van der Waals surface area contributed by atoms with E-state index in [-0.39, 0.29) is 12.3 Å². The molecule has 0 amide bonds. The van der Waals surface area contributed by atoms with E-state index in [4.69, 9.17) is 5.73 Å². The summed E-state index contributed by atoms with van der Waals surface area (Å²) in [5, 5.41) is -0.696. The van der Waals surface area contributed by atoms with Crippen LogP contribution >= 0.6 is 0 Å². The lowest BCUT2D eigenvalue weighted by Gasteiger charge is -1.86. The molecule has 1 aromatic heterocycles. The Balaban J connectivity index is 3.09. The predicted octanol–water partition coefficient (Wildman–Crippen LogP) is 0.397. The first-order valence-corrected chi connectivity index (χ1v) is 4.16. The topological polar surface area (TPSA) is 73.3 Å². The second-order valence-electron chi connectivity index (χ2n) is 1.86. The smallest absolute Gasteiger partial charge is 0.365 e. The van der Waals surface area contributed by atoms with Gasteiger partial charge in [0.15, 0.2) is 0 Å². The number of hydrogen-bond acceptors (Lipinski definition) is 4. The molecular formula is C5H6FNO3S. The largest absolute Gasteiger partial charge is 0.446 e. The van der Waals surface area contributed by atoms with Crippen molar-refractivity contribution in [1.82, 2.24) is 0 Å². The summed E-state index contributed by atoms with van der Waals surface area (Å²) in [5.41, 5.74) is 5.10. The lowest BCUT2D eigenvalue weighted by atomic mass is 10.5. The predicted molar refractivity (Wildman–Crippen MR) is 34.9 cm³/mol. The van der Waals surface area contributed by atoms with Gasteiger partial charge in [-0.05, 0) is 12.1 Å². The summed E-state index contributed by atoms with van der Waals surface area (Å²) in [6.45, 7) is 0.0511. The van der Waals surface area contributed by atoms with Crippen LogP contribution in [0.25, 0.3) is 0 Å². The Hall–Kier alpha value is -0.880. The SMILES string of the molecule is NCc1ccc(S(=O)(=O)F)o1. The number of rotatable bonds is 2. The Kier molecular flexibility index (Phi) is 1.97. The van der Waals surface area contributed by atoms with E-state index in [1.54, 1.807) is 0 Å². The highest BCUT2D eigenvalue weighted by Gasteiger charge is 2.16. The van der Waals surface area contributed by atoms with Gasteiger partial charge < -0.3 is 10.2 Å². The Morgan fingerprint density at radius 1 is 1.55 bits per heavy atom. The Bertz CT molecular complexity index is 342. The minimum Gasteiger partial charge on any atom is -0.446 e. The first-order valence-electron chi connectivity index (χ1n) is 2.77. The molecule has 0 unspecified atom stereocenters. The highest BCUT2D eigenvalue weighted by molar-refractivity contribution is 7.86. The molecule has 6 heteroatoms. The van der Waals surface area contributed by atoms with Crippen LogP contribution in [0.3, 0.4) is 0 Å². The Morgan fingerprint density at radius 2 is 2.18 bits per heavy atom. The summed E-state index contributed by atoms with van der Waals surface area (Å²) in [4.78, 5) is 0. The molecule has 2 N–H and O–H groups in total. The molecule has 4 nitrogen and oxygen atoms in total. The van der Waals surface area contributed by atoms with E-state index in [0.717, 1.165) is 6.07 Å². The van der Waals surface area contributed by atoms with Crippen molar-refractivity contribution >= 4 is 10.2 Å². The van der Waals surface area contributed by atoms with Crippen molar-refractivity contribution in [2.45, 2.75) is 11.6 Å². The lowest BCUT2D eigenvalue weighted by Crippen LogP contribution is -1.93. The van der Waals surface area contributed by atoms with Gasteiger partial charge in [0.2, 0.25) is 5.09 Å². The van der Waals surface area contributed by atoms with Gasteiger partial charge in [-0.3, -0.25) is 0 Å². The third-order valence-corrected chi connectivity index (χ3v) is 1.78. The molecule has 1 aromatic rings. The fourth-order valence-corrected chi connectivity index (χ4v) is 1.04. The third kappa shape index (κ3) is 1.78. The summed E-state index contributed by atoms with van der Waals surface area (Å²) < 4.78 is 36.9. The first-order chi connectivity index (χ1) is 5.04. The minimum absolute atomic E-state index is 0.0511. The molecule has 0 atom stereocenters. The molecule has 0 aromatic carbocycles. The molecular weight excluding hydrogens is 173 g/mol. The molecule has 0 saturated heterocycles. The molecule has 1 heterocycles. The van der Waals surface area contributed by atoms with Gasteiger partial charge in [0, 0.05) is 0 Å². The van der Waals surface area contributed by atoms with Crippen molar-refractivity contribution in [2.24, 2.45) is 5.73 Å². The van der Waals surface area contributed by atoms with E-state index in [1.807, 2.05) is 0 Å². The number of halogens is 1. The van der Waals surface area contributed by atoms with Crippen LogP contribution in [0.15, 0.2) is 21.6 Å². The fraction of sp³-hybridized carbons (Fsp3) is 0.200. The molecule has 1 rings (SSSR count). The van der Waals surface area contributed by atoms with E-state index in [1.165, 1.54) is 6.07 Å². The average Bonchev–Trinajstić information content (AvgIpc) is 2.32. The Labute approximate surface area is 63.0 Å². The van der Waals surface area contributed by atoms with Gasteiger partial charge in [-0.25, -0.2) is 0 Å².